The first-order chi connectivity index (χ1) is 9.00. The number of nitrogens with zero attached hydrogens (tertiary/aromatic N) is 2. The summed E-state index contributed by atoms with van der Waals surface area (Å²) in [5.41, 5.74) is 6.03. The van der Waals surface area contributed by atoms with Gasteiger partial charge in [0.15, 0.2) is 5.78 Å². The average molecular weight is 286 g/mol. The first-order valence-electron chi connectivity index (χ1n) is 6.51. The number of Topliss-reactive ketones (excluding diaryl/α,β-unsaturated/α-hetero) is 1. The number of hydrogen-bond acceptors (Lipinski definition) is 4. The van der Waals surface area contributed by atoms with Crippen molar-refractivity contribution in [1.29, 1.82) is 0 Å². The Morgan fingerprint density at radius 3 is 3.05 bits per heavy atom. The molecular formula is C13H20ClN3O2. The number of rotatable bonds is 5. The molecule has 2 rings (SSSR count). The highest BCUT2D eigenvalue weighted by molar-refractivity contribution is 6.33. The zero-order valence-corrected chi connectivity index (χ0v) is 12.1. The zero-order valence-electron chi connectivity index (χ0n) is 11.4. The molecule has 2 N–H and O–H groups in total. The van der Waals surface area contributed by atoms with Crippen LogP contribution in [0.4, 0.5) is 0 Å². The van der Waals surface area contributed by atoms with Crippen LogP contribution in [0.3, 0.4) is 0 Å². The summed E-state index contributed by atoms with van der Waals surface area (Å²) in [6.07, 6.45) is 4.17. The van der Waals surface area contributed by atoms with Gasteiger partial charge in [0.2, 0.25) is 0 Å². The van der Waals surface area contributed by atoms with E-state index in [2.05, 4.69) is 5.10 Å². The summed E-state index contributed by atoms with van der Waals surface area (Å²) in [7, 11) is 1.61. The Morgan fingerprint density at radius 2 is 2.47 bits per heavy atom. The number of hydrogen-bond donors (Lipinski definition) is 1. The maximum Gasteiger partial charge on any atom is 0.189 e. The summed E-state index contributed by atoms with van der Waals surface area (Å²) in [6.45, 7) is 2.92. The van der Waals surface area contributed by atoms with Gasteiger partial charge >= 0.3 is 0 Å². The molecular weight excluding hydrogens is 266 g/mol. The molecule has 2 unspecified atom stereocenters. The van der Waals surface area contributed by atoms with Gasteiger partial charge in [-0.05, 0) is 12.8 Å². The highest BCUT2D eigenvalue weighted by Crippen LogP contribution is 2.40. The summed E-state index contributed by atoms with van der Waals surface area (Å²) in [6, 6.07) is -0.109. The second kappa shape index (κ2) is 5.61. The van der Waals surface area contributed by atoms with E-state index in [0.29, 0.717) is 23.9 Å². The monoisotopic (exact) mass is 285 g/mol. The number of ether oxygens (including phenoxy) is 1. The topological polar surface area (TPSA) is 70.1 Å². The van der Waals surface area contributed by atoms with E-state index in [1.54, 1.807) is 11.8 Å². The molecule has 2 atom stereocenters. The molecule has 1 aromatic rings. The zero-order chi connectivity index (χ0) is 14.0. The van der Waals surface area contributed by atoms with Crippen molar-refractivity contribution in [3.63, 3.8) is 0 Å². The normalized spacial score (nSPS) is 26.8. The van der Waals surface area contributed by atoms with E-state index in [0.717, 1.165) is 19.3 Å². The maximum atomic E-state index is 12.8. The summed E-state index contributed by atoms with van der Waals surface area (Å²) in [5, 5.41) is 4.54. The van der Waals surface area contributed by atoms with E-state index in [-0.39, 0.29) is 11.8 Å². The van der Waals surface area contributed by atoms with Crippen LogP contribution in [-0.2, 0) is 11.3 Å². The number of ketones is 1. The molecule has 5 nitrogen and oxygen atoms in total. The lowest BCUT2D eigenvalue weighted by atomic mass is 9.79. The largest absolute Gasteiger partial charge is 0.383 e. The molecule has 0 aromatic carbocycles. The van der Waals surface area contributed by atoms with E-state index in [9.17, 15) is 4.79 Å². The molecule has 1 aromatic heterocycles. The Kier molecular flexibility index (Phi) is 4.28. The molecule has 1 fully saturated rings. The van der Waals surface area contributed by atoms with Gasteiger partial charge in [-0.2, -0.15) is 5.10 Å². The van der Waals surface area contributed by atoms with Crippen LogP contribution in [0.5, 0.6) is 0 Å². The predicted octanol–water partition coefficient (Wildman–Crippen LogP) is 1.88. The smallest absolute Gasteiger partial charge is 0.189 e. The van der Waals surface area contributed by atoms with Crippen LogP contribution in [0, 0.1) is 5.41 Å². The second-order valence-corrected chi connectivity index (χ2v) is 5.71. The standard InChI is InChI=1S/C13H20ClN3O2/c1-13(5-3-4-10(13)15)12(18)11-9(14)8-16-17(11)6-7-19-2/h8,10H,3-7,15H2,1-2H3. The third kappa shape index (κ3) is 2.55. The SMILES string of the molecule is COCCn1ncc(Cl)c1C(=O)C1(C)CCCC1N. The molecule has 1 saturated carbocycles. The highest BCUT2D eigenvalue weighted by Gasteiger charge is 2.45. The second-order valence-electron chi connectivity index (χ2n) is 5.30. The van der Waals surface area contributed by atoms with Crippen LogP contribution in [-0.4, -0.2) is 35.3 Å². The number of aromatic nitrogens is 2. The molecule has 0 spiro atoms. The third-order valence-corrected chi connectivity index (χ3v) is 4.34. The van der Waals surface area contributed by atoms with Crippen molar-refractivity contribution in [2.75, 3.05) is 13.7 Å². The Labute approximate surface area is 118 Å². The Balaban J connectivity index is 2.30. The first kappa shape index (κ1) is 14.5. The van der Waals surface area contributed by atoms with E-state index < -0.39 is 5.41 Å². The van der Waals surface area contributed by atoms with Crippen LogP contribution in [0.15, 0.2) is 6.20 Å². The number of nitrogens with two attached hydrogens (primary N) is 1. The number of carbonyl (C=O) groups is 1. The van der Waals surface area contributed by atoms with Crippen molar-refractivity contribution >= 4 is 17.4 Å². The van der Waals surface area contributed by atoms with Gasteiger partial charge in [-0.25, -0.2) is 0 Å². The van der Waals surface area contributed by atoms with Crippen LogP contribution in [0.25, 0.3) is 0 Å². The first-order valence-corrected chi connectivity index (χ1v) is 6.89. The summed E-state index contributed by atoms with van der Waals surface area (Å²) in [4.78, 5) is 12.8. The molecule has 0 saturated heterocycles. The molecule has 0 amide bonds. The van der Waals surface area contributed by atoms with Gasteiger partial charge < -0.3 is 10.5 Å². The quantitative estimate of drug-likeness (QED) is 0.839. The van der Waals surface area contributed by atoms with Gasteiger partial charge in [0.1, 0.15) is 5.69 Å². The Bertz CT molecular complexity index is 474. The maximum absolute atomic E-state index is 12.8. The molecule has 1 heterocycles. The van der Waals surface area contributed by atoms with Crippen molar-refractivity contribution in [3.05, 3.63) is 16.9 Å². The molecule has 0 aliphatic heterocycles. The molecule has 106 valence electrons. The van der Waals surface area contributed by atoms with Crippen molar-refractivity contribution in [1.82, 2.24) is 9.78 Å². The molecule has 0 bridgehead atoms. The van der Waals surface area contributed by atoms with E-state index in [4.69, 9.17) is 22.1 Å². The predicted molar refractivity (Wildman–Crippen MR) is 73.4 cm³/mol. The fourth-order valence-corrected chi connectivity index (χ4v) is 2.91. The van der Waals surface area contributed by atoms with E-state index in [1.807, 2.05) is 6.92 Å². The Hall–Kier alpha value is -0.910. The summed E-state index contributed by atoms with van der Waals surface area (Å²) >= 11 is 6.12. The van der Waals surface area contributed by atoms with E-state index >= 15 is 0 Å². The molecule has 1 aliphatic rings. The van der Waals surface area contributed by atoms with Crippen LogP contribution < -0.4 is 5.73 Å². The van der Waals surface area contributed by atoms with Gasteiger partial charge in [-0.3, -0.25) is 9.48 Å². The fourth-order valence-electron chi connectivity index (χ4n) is 2.68. The van der Waals surface area contributed by atoms with Crippen molar-refractivity contribution in [2.45, 2.75) is 38.8 Å². The third-order valence-electron chi connectivity index (χ3n) is 4.07. The lowest BCUT2D eigenvalue weighted by molar-refractivity contribution is 0.0787. The van der Waals surface area contributed by atoms with Crippen molar-refractivity contribution < 1.29 is 9.53 Å². The van der Waals surface area contributed by atoms with Crippen molar-refractivity contribution in [3.8, 4) is 0 Å². The summed E-state index contributed by atoms with van der Waals surface area (Å²) in [5.74, 6) is -0.00361. The minimum atomic E-state index is -0.533. The van der Waals surface area contributed by atoms with Gasteiger partial charge in [0, 0.05) is 18.6 Å². The number of carbonyl (C=O) groups excluding carboxylic acids is 1. The highest BCUT2D eigenvalue weighted by atomic mass is 35.5. The van der Waals surface area contributed by atoms with Crippen LogP contribution in [0.1, 0.15) is 36.7 Å². The minimum Gasteiger partial charge on any atom is -0.383 e. The lowest BCUT2D eigenvalue weighted by Crippen LogP contribution is -2.42. The van der Waals surface area contributed by atoms with Gasteiger partial charge in [0.25, 0.3) is 0 Å². The van der Waals surface area contributed by atoms with Crippen LogP contribution in [0.2, 0.25) is 5.02 Å². The fraction of sp³-hybridized carbons (Fsp3) is 0.692. The number of halogens is 1. The molecule has 19 heavy (non-hydrogen) atoms. The molecule has 0 radical (unpaired) electrons. The van der Waals surface area contributed by atoms with Crippen LogP contribution >= 0.6 is 11.6 Å². The van der Waals surface area contributed by atoms with Gasteiger partial charge in [0.05, 0.1) is 24.4 Å². The Morgan fingerprint density at radius 1 is 1.74 bits per heavy atom. The lowest BCUT2D eigenvalue weighted by Gasteiger charge is -2.27. The average Bonchev–Trinajstić information content (AvgIpc) is 2.91. The van der Waals surface area contributed by atoms with E-state index in [1.165, 1.54) is 6.20 Å². The van der Waals surface area contributed by atoms with Gasteiger partial charge in [-0.1, -0.05) is 24.9 Å². The molecule has 1 aliphatic carbocycles. The number of methoxy groups -OCH3 is 1. The minimum absolute atomic E-state index is 0.00361. The molecule has 6 heteroatoms. The summed E-state index contributed by atoms with van der Waals surface area (Å²) < 4.78 is 6.64. The van der Waals surface area contributed by atoms with Crippen molar-refractivity contribution in [2.24, 2.45) is 11.1 Å². The van der Waals surface area contributed by atoms with Gasteiger partial charge in [-0.15, -0.1) is 0 Å².